The van der Waals surface area contributed by atoms with Gasteiger partial charge in [-0.15, -0.1) is 0 Å². The molecule has 0 aliphatic carbocycles. The Labute approximate surface area is 100 Å². The van der Waals surface area contributed by atoms with E-state index in [-0.39, 0.29) is 11.7 Å². The van der Waals surface area contributed by atoms with Gasteiger partial charge in [0.15, 0.2) is 5.84 Å². The van der Waals surface area contributed by atoms with Gasteiger partial charge >= 0.3 is 0 Å². The van der Waals surface area contributed by atoms with Crippen molar-refractivity contribution in [2.75, 3.05) is 0 Å². The van der Waals surface area contributed by atoms with E-state index in [1.807, 2.05) is 32.0 Å². The van der Waals surface area contributed by atoms with E-state index in [1.165, 1.54) is 0 Å². The van der Waals surface area contributed by atoms with Crippen molar-refractivity contribution in [3.63, 3.8) is 0 Å². The van der Waals surface area contributed by atoms with E-state index in [0.717, 1.165) is 11.1 Å². The number of nitrogens with one attached hydrogen (secondary N) is 1. The maximum atomic E-state index is 12.0. The minimum atomic E-state index is -0.508. The molecule has 5 heteroatoms. The Morgan fingerprint density at radius 3 is 2.41 bits per heavy atom. The third-order valence-corrected chi connectivity index (χ3v) is 2.61. The van der Waals surface area contributed by atoms with Crippen molar-refractivity contribution >= 4 is 11.7 Å². The van der Waals surface area contributed by atoms with Gasteiger partial charge in [-0.2, -0.15) is 0 Å². The molecule has 0 spiro atoms. The van der Waals surface area contributed by atoms with Crippen molar-refractivity contribution in [3.05, 3.63) is 34.9 Å². The van der Waals surface area contributed by atoms with Crippen LogP contribution in [0.1, 0.15) is 28.4 Å². The van der Waals surface area contributed by atoms with Gasteiger partial charge < -0.3 is 16.3 Å². The highest BCUT2D eigenvalue weighted by Gasteiger charge is 2.16. The molecule has 0 aliphatic rings. The van der Waals surface area contributed by atoms with E-state index in [9.17, 15) is 4.79 Å². The first-order valence-corrected chi connectivity index (χ1v) is 5.32. The number of rotatable bonds is 3. The van der Waals surface area contributed by atoms with E-state index in [0.29, 0.717) is 5.56 Å². The summed E-state index contributed by atoms with van der Waals surface area (Å²) < 4.78 is 0. The Morgan fingerprint density at radius 2 is 1.94 bits per heavy atom. The average molecular weight is 235 g/mol. The number of aryl methyl sites for hydroxylation is 2. The summed E-state index contributed by atoms with van der Waals surface area (Å²) >= 11 is 0. The normalized spacial score (nSPS) is 13.2. The molecule has 1 aromatic rings. The van der Waals surface area contributed by atoms with E-state index < -0.39 is 6.04 Å². The molecule has 0 aromatic heterocycles. The second-order valence-electron chi connectivity index (χ2n) is 3.99. The van der Waals surface area contributed by atoms with Crippen LogP contribution in [0.2, 0.25) is 0 Å². The Balaban J connectivity index is 2.91. The number of benzene rings is 1. The fraction of sp³-hybridized carbons (Fsp3) is 0.333. The van der Waals surface area contributed by atoms with Crippen LogP contribution in [0.3, 0.4) is 0 Å². The van der Waals surface area contributed by atoms with Crippen molar-refractivity contribution in [2.24, 2.45) is 10.9 Å². The first-order chi connectivity index (χ1) is 7.97. The summed E-state index contributed by atoms with van der Waals surface area (Å²) in [6.07, 6.45) is 0. The van der Waals surface area contributed by atoms with E-state index in [4.69, 9.17) is 10.9 Å². The molecule has 0 radical (unpaired) electrons. The molecule has 17 heavy (non-hydrogen) atoms. The lowest BCUT2D eigenvalue weighted by Gasteiger charge is -2.14. The lowest BCUT2D eigenvalue weighted by atomic mass is 10.0. The van der Waals surface area contributed by atoms with E-state index in [1.54, 1.807) is 6.92 Å². The first kappa shape index (κ1) is 13.0. The summed E-state index contributed by atoms with van der Waals surface area (Å²) in [5.74, 6) is -0.246. The third-order valence-electron chi connectivity index (χ3n) is 2.61. The lowest BCUT2D eigenvalue weighted by molar-refractivity contribution is 0.0947. The summed E-state index contributed by atoms with van der Waals surface area (Å²) in [5, 5.41) is 14.0. The molecule has 0 bridgehead atoms. The maximum absolute atomic E-state index is 12.0. The second-order valence-corrected chi connectivity index (χ2v) is 3.99. The van der Waals surface area contributed by atoms with Crippen LogP contribution in [-0.4, -0.2) is 23.0 Å². The summed E-state index contributed by atoms with van der Waals surface area (Å²) in [7, 11) is 0. The monoisotopic (exact) mass is 235 g/mol. The molecular formula is C12H17N3O2. The molecule has 0 fully saturated rings. The number of hydrogen-bond donors (Lipinski definition) is 3. The predicted octanol–water partition coefficient (Wildman–Crippen LogP) is 1.17. The van der Waals surface area contributed by atoms with Gasteiger partial charge in [0.05, 0.1) is 6.04 Å². The van der Waals surface area contributed by atoms with Crippen molar-refractivity contribution in [1.82, 2.24) is 5.32 Å². The molecule has 0 heterocycles. The first-order valence-electron chi connectivity index (χ1n) is 5.32. The molecule has 92 valence electrons. The van der Waals surface area contributed by atoms with Gasteiger partial charge in [0.1, 0.15) is 0 Å². The zero-order chi connectivity index (χ0) is 13.0. The van der Waals surface area contributed by atoms with Crippen LogP contribution < -0.4 is 11.1 Å². The van der Waals surface area contributed by atoms with Gasteiger partial charge in [-0.1, -0.05) is 23.4 Å². The van der Waals surface area contributed by atoms with Crippen LogP contribution >= 0.6 is 0 Å². The fourth-order valence-electron chi connectivity index (χ4n) is 1.60. The molecule has 1 atom stereocenters. The summed E-state index contributed by atoms with van der Waals surface area (Å²) in [6, 6.07) is 5.13. The molecule has 0 saturated heterocycles. The third kappa shape index (κ3) is 2.96. The molecule has 0 aliphatic heterocycles. The number of nitrogens with two attached hydrogens (primary N) is 1. The van der Waals surface area contributed by atoms with Crippen molar-refractivity contribution in [2.45, 2.75) is 26.8 Å². The lowest BCUT2D eigenvalue weighted by Crippen LogP contribution is -2.42. The minimum Gasteiger partial charge on any atom is -0.409 e. The minimum absolute atomic E-state index is 0.0235. The number of amides is 1. The Hall–Kier alpha value is -2.04. The highest BCUT2D eigenvalue weighted by atomic mass is 16.4. The zero-order valence-corrected chi connectivity index (χ0v) is 10.2. The molecule has 0 saturated carbocycles. The van der Waals surface area contributed by atoms with E-state index >= 15 is 0 Å². The Kier molecular flexibility index (Phi) is 4.09. The number of hydrogen-bond acceptors (Lipinski definition) is 3. The van der Waals surface area contributed by atoms with Crippen molar-refractivity contribution in [1.29, 1.82) is 0 Å². The summed E-state index contributed by atoms with van der Waals surface area (Å²) in [5.41, 5.74) is 7.83. The summed E-state index contributed by atoms with van der Waals surface area (Å²) in [4.78, 5) is 12.0. The van der Waals surface area contributed by atoms with Crippen LogP contribution in [0.5, 0.6) is 0 Å². The van der Waals surface area contributed by atoms with Gasteiger partial charge in [0.2, 0.25) is 0 Å². The number of carbonyl (C=O) groups is 1. The predicted molar refractivity (Wildman–Crippen MR) is 66.3 cm³/mol. The van der Waals surface area contributed by atoms with Crippen LogP contribution in [0.25, 0.3) is 0 Å². The highest BCUT2D eigenvalue weighted by Crippen LogP contribution is 2.13. The molecular weight excluding hydrogens is 218 g/mol. The van der Waals surface area contributed by atoms with Crippen LogP contribution in [-0.2, 0) is 0 Å². The molecule has 1 rings (SSSR count). The van der Waals surface area contributed by atoms with Crippen molar-refractivity contribution < 1.29 is 10.0 Å². The van der Waals surface area contributed by atoms with Gasteiger partial charge in [0, 0.05) is 5.56 Å². The number of amidine groups is 1. The van der Waals surface area contributed by atoms with Crippen LogP contribution in [0.15, 0.2) is 23.4 Å². The molecule has 4 N–H and O–H groups in total. The smallest absolute Gasteiger partial charge is 0.252 e. The van der Waals surface area contributed by atoms with Gasteiger partial charge in [-0.05, 0) is 31.9 Å². The van der Waals surface area contributed by atoms with Gasteiger partial charge in [-0.3, -0.25) is 4.79 Å². The quantitative estimate of drug-likeness (QED) is 0.318. The Bertz CT molecular complexity index is 435. The highest BCUT2D eigenvalue weighted by molar-refractivity contribution is 6.00. The van der Waals surface area contributed by atoms with Crippen LogP contribution in [0.4, 0.5) is 0 Å². The topological polar surface area (TPSA) is 87.7 Å². The Morgan fingerprint density at radius 1 is 1.41 bits per heavy atom. The SMILES string of the molecule is Cc1cccc(C)c1C(=O)NC(C)/C(N)=N/O. The molecule has 1 unspecified atom stereocenters. The average Bonchev–Trinajstić information content (AvgIpc) is 2.27. The number of nitrogens with zero attached hydrogens (tertiary/aromatic N) is 1. The van der Waals surface area contributed by atoms with Gasteiger partial charge in [0.25, 0.3) is 5.91 Å². The van der Waals surface area contributed by atoms with Crippen molar-refractivity contribution in [3.8, 4) is 0 Å². The standard InChI is InChI=1S/C12H17N3O2/c1-7-5-4-6-8(2)10(7)12(16)14-9(3)11(13)15-17/h4-6,9,17H,1-3H3,(H2,13,15)(H,14,16). The van der Waals surface area contributed by atoms with E-state index in [2.05, 4.69) is 10.5 Å². The van der Waals surface area contributed by atoms with Gasteiger partial charge in [-0.25, -0.2) is 0 Å². The van der Waals surface area contributed by atoms with Crippen LogP contribution in [0, 0.1) is 13.8 Å². The zero-order valence-electron chi connectivity index (χ0n) is 10.2. The largest absolute Gasteiger partial charge is 0.409 e. The maximum Gasteiger partial charge on any atom is 0.252 e. The number of oxime groups is 1. The summed E-state index contributed by atoms with van der Waals surface area (Å²) in [6.45, 7) is 5.40. The molecule has 1 aromatic carbocycles. The fourth-order valence-corrected chi connectivity index (χ4v) is 1.60. The second kappa shape index (κ2) is 5.34. The molecule has 1 amide bonds. The molecule has 5 nitrogen and oxygen atoms in total. The number of carbonyl (C=O) groups excluding carboxylic acids is 1.